The van der Waals surface area contributed by atoms with Crippen molar-refractivity contribution in [3.05, 3.63) is 24.5 Å². The first-order valence-corrected chi connectivity index (χ1v) is 7.77. The van der Waals surface area contributed by atoms with Gasteiger partial charge in [-0.1, -0.05) is 13.2 Å². The van der Waals surface area contributed by atoms with Gasteiger partial charge in [-0.2, -0.15) is 0 Å². The van der Waals surface area contributed by atoms with Crippen molar-refractivity contribution in [3.63, 3.8) is 0 Å². The number of fused-ring (bicyclic) bond motifs is 1. The van der Waals surface area contributed by atoms with Gasteiger partial charge in [0.25, 0.3) is 0 Å². The zero-order valence-electron chi connectivity index (χ0n) is 12.9. The summed E-state index contributed by atoms with van der Waals surface area (Å²) in [5.74, 6) is 0.277. The largest absolute Gasteiger partial charge is 0.488 e. The smallest absolute Gasteiger partial charge is 0.333 e. The lowest BCUT2D eigenvalue weighted by Gasteiger charge is -2.46. The fourth-order valence-electron chi connectivity index (χ4n) is 4.10. The van der Waals surface area contributed by atoms with E-state index in [0.717, 1.165) is 19.3 Å². The molecule has 0 spiro atoms. The molecule has 0 aromatic carbocycles. The average Bonchev–Trinajstić information content (AvgIpc) is 2.58. The molecule has 0 aromatic heterocycles. The number of rotatable bonds is 5. The number of carbonyl (C=O) groups excluding carboxylic acids is 2. The fraction of sp³-hybridized carbons (Fsp3) is 0.647. The Morgan fingerprint density at radius 3 is 2.82 bits per heavy atom. The van der Waals surface area contributed by atoms with E-state index in [0.29, 0.717) is 30.1 Å². The van der Waals surface area contributed by atoms with Crippen LogP contribution in [0.15, 0.2) is 24.5 Å². The molecule has 4 rings (SSSR count). The maximum Gasteiger partial charge on any atom is 0.333 e. The minimum absolute atomic E-state index is 0.0161. The molecule has 2 aliphatic carbocycles. The van der Waals surface area contributed by atoms with Crippen molar-refractivity contribution in [2.24, 2.45) is 11.8 Å². The third kappa shape index (κ3) is 2.89. The fourth-order valence-corrected chi connectivity index (χ4v) is 4.10. The molecule has 5 nitrogen and oxygen atoms in total. The van der Waals surface area contributed by atoms with E-state index >= 15 is 0 Å². The molecule has 2 heterocycles. The van der Waals surface area contributed by atoms with Crippen LogP contribution in [0.2, 0.25) is 0 Å². The van der Waals surface area contributed by atoms with Gasteiger partial charge >= 0.3 is 11.9 Å². The van der Waals surface area contributed by atoms with Crippen LogP contribution in [0.1, 0.15) is 39.0 Å². The van der Waals surface area contributed by atoms with Crippen LogP contribution in [-0.4, -0.2) is 30.3 Å². The van der Waals surface area contributed by atoms with Crippen LogP contribution >= 0.6 is 0 Å². The summed E-state index contributed by atoms with van der Waals surface area (Å²) in [6.45, 7) is 9.00. The van der Waals surface area contributed by atoms with Crippen LogP contribution in [0.25, 0.3) is 0 Å². The van der Waals surface area contributed by atoms with Crippen molar-refractivity contribution in [1.29, 1.82) is 0 Å². The van der Waals surface area contributed by atoms with Crippen LogP contribution < -0.4 is 0 Å². The standard InChI is InChI=1S/C17H22O5/c1-10(2)15(18)20-9-11(3)22-17-6-12-4-13(7-17)16(19)21-14(5-12)8-17/h12-14H,1,3-9H2,2H3. The summed E-state index contributed by atoms with van der Waals surface area (Å²) in [5.41, 5.74) is -0.0477. The zero-order valence-corrected chi connectivity index (χ0v) is 12.9. The van der Waals surface area contributed by atoms with Crippen molar-refractivity contribution >= 4 is 11.9 Å². The van der Waals surface area contributed by atoms with E-state index in [1.165, 1.54) is 0 Å². The summed E-state index contributed by atoms with van der Waals surface area (Å²) < 4.78 is 16.7. The molecule has 4 unspecified atom stereocenters. The van der Waals surface area contributed by atoms with Crippen LogP contribution in [0, 0.1) is 11.8 Å². The maximum atomic E-state index is 12.0. The third-order valence-corrected chi connectivity index (χ3v) is 4.78. The SMILES string of the molecule is C=C(COC(=O)C(=C)C)OC12CC3CC(C1)OC(=O)C(C3)C2. The minimum Gasteiger partial charge on any atom is -0.488 e. The second kappa shape index (κ2) is 5.45. The minimum atomic E-state index is -0.453. The second-order valence-corrected chi connectivity index (χ2v) is 6.89. The van der Waals surface area contributed by atoms with Gasteiger partial charge in [0.05, 0.1) is 5.92 Å². The molecular formula is C17H22O5. The van der Waals surface area contributed by atoms with Crippen LogP contribution in [-0.2, 0) is 23.8 Å². The molecule has 5 heteroatoms. The predicted octanol–water partition coefficient (Wildman–Crippen LogP) is 2.51. The van der Waals surface area contributed by atoms with Crippen molar-refractivity contribution in [3.8, 4) is 0 Å². The maximum absolute atomic E-state index is 12.0. The first-order chi connectivity index (χ1) is 10.4. The number of esters is 2. The van der Waals surface area contributed by atoms with E-state index < -0.39 is 11.6 Å². The van der Waals surface area contributed by atoms with E-state index in [-0.39, 0.29) is 24.6 Å². The molecule has 2 saturated carbocycles. The Morgan fingerprint density at radius 2 is 2.09 bits per heavy atom. The van der Waals surface area contributed by atoms with Gasteiger partial charge in [0.2, 0.25) is 0 Å². The molecule has 0 amide bonds. The normalized spacial score (nSPS) is 35.5. The van der Waals surface area contributed by atoms with Crippen molar-refractivity contribution in [2.45, 2.75) is 50.7 Å². The highest BCUT2D eigenvalue weighted by atomic mass is 16.6. The highest BCUT2D eigenvalue weighted by molar-refractivity contribution is 5.87. The van der Waals surface area contributed by atoms with E-state index in [1.807, 2.05) is 0 Å². The molecule has 0 N–H and O–H groups in total. The lowest BCUT2D eigenvalue weighted by Crippen LogP contribution is -2.47. The Bertz CT molecular complexity index is 537. The Morgan fingerprint density at radius 1 is 1.32 bits per heavy atom. The molecular weight excluding hydrogens is 284 g/mol. The van der Waals surface area contributed by atoms with Crippen LogP contribution in [0.5, 0.6) is 0 Å². The van der Waals surface area contributed by atoms with E-state index in [9.17, 15) is 9.59 Å². The molecule has 0 aromatic rings. The number of hydrogen-bond donors (Lipinski definition) is 0. The van der Waals surface area contributed by atoms with Gasteiger partial charge in [-0.25, -0.2) is 4.79 Å². The van der Waals surface area contributed by atoms with Gasteiger partial charge in [0.1, 0.15) is 24.1 Å². The van der Waals surface area contributed by atoms with Gasteiger partial charge in [0, 0.05) is 18.4 Å². The van der Waals surface area contributed by atoms with Gasteiger partial charge in [-0.05, 0) is 32.1 Å². The van der Waals surface area contributed by atoms with Gasteiger partial charge in [0.15, 0.2) is 0 Å². The molecule has 4 fully saturated rings. The lowest BCUT2D eigenvalue weighted by atomic mass is 9.65. The Balaban J connectivity index is 1.64. The molecule has 4 atom stereocenters. The average molecular weight is 306 g/mol. The lowest BCUT2D eigenvalue weighted by molar-refractivity contribution is -0.151. The molecule has 120 valence electrons. The molecule has 0 radical (unpaired) electrons. The summed E-state index contributed by atoms with van der Waals surface area (Å²) in [6.07, 6.45) is 4.09. The number of hydrogen-bond acceptors (Lipinski definition) is 5. The summed E-state index contributed by atoms with van der Waals surface area (Å²) in [7, 11) is 0. The molecule has 4 bridgehead atoms. The molecule has 22 heavy (non-hydrogen) atoms. The van der Waals surface area contributed by atoms with Crippen molar-refractivity contribution < 1.29 is 23.8 Å². The van der Waals surface area contributed by atoms with E-state index in [2.05, 4.69) is 13.2 Å². The number of ether oxygens (including phenoxy) is 3. The van der Waals surface area contributed by atoms with E-state index in [4.69, 9.17) is 14.2 Å². The summed E-state index contributed by atoms with van der Waals surface area (Å²) in [5, 5.41) is 0. The highest BCUT2D eigenvalue weighted by Gasteiger charge is 2.54. The van der Waals surface area contributed by atoms with Gasteiger partial charge in [-0.15, -0.1) is 0 Å². The Hall–Kier alpha value is -1.78. The zero-order chi connectivity index (χ0) is 15.9. The Labute approximate surface area is 130 Å². The topological polar surface area (TPSA) is 61.8 Å². The molecule has 4 aliphatic rings. The second-order valence-electron chi connectivity index (χ2n) is 6.89. The van der Waals surface area contributed by atoms with E-state index in [1.54, 1.807) is 6.92 Å². The summed E-state index contributed by atoms with van der Waals surface area (Å²) >= 11 is 0. The van der Waals surface area contributed by atoms with Gasteiger partial charge < -0.3 is 14.2 Å². The summed E-state index contributed by atoms with van der Waals surface area (Å²) in [6, 6.07) is 0. The summed E-state index contributed by atoms with van der Waals surface area (Å²) in [4.78, 5) is 23.4. The first-order valence-electron chi connectivity index (χ1n) is 7.77. The first kappa shape index (κ1) is 15.1. The molecule has 2 aliphatic heterocycles. The predicted molar refractivity (Wildman–Crippen MR) is 78.7 cm³/mol. The quantitative estimate of drug-likeness (QED) is 0.444. The third-order valence-electron chi connectivity index (χ3n) is 4.78. The van der Waals surface area contributed by atoms with Crippen LogP contribution in [0.4, 0.5) is 0 Å². The Kier molecular flexibility index (Phi) is 3.75. The van der Waals surface area contributed by atoms with Crippen molar-refractivity contribution in [1.82, 2.24) is 0 Å². The molecule has 2 saturated heterocycles. The van der Waals surface area contributed by atoms with Crippen LogP contribution in [0.3, 0.4) is 0 Å². The number of carbonyl (C=O) groups is 2. The van der Waals surface area contributed by atoms with Crippen molar-refractivity contribution in [2.75, 3.05) is 6.61 Å². The van der Waals surface area contributed by atoms with Gasteiger partial charge in [-0.3, -0.25) is 4.79 Å². The monoisotopic (exact) mass is 306 g/mol. The highest BCUT2D eigenvalue weighted by Crippen LogP contribution is 2.51.